The van der Waals surface area contributed by atoms with Gasteiger partial charge in [-0.3, -0.25) is 0 Å². The van der Waals surface area contributed by atoms with E-state index in [2.05, 4.69) is 6.07 Å². The third kappa shape index (κ3) is 2.66. The Morgan fingerprint density at radius 1 is 1.17 bits per heavy atom. The topological polar surface area (TPSA) is 49.8 Å². The molecule has 2 N–H and O–H groups in total. The summed E-state index contributed by atoms with van der Waals surface area (Å²) < 4.78 is 0. The van der Waals surface area contributed by atoms with E-state index in [1.165, 1.54) is 0 Å². The molecule has 2 aromatic rings. The molecule has 0 fully saturated rings. The van der Waals surface area contributed by atoms with Gasteiger partial charge in [0.25, 0.3) is 0 Å². The minimum atomic E-state index is 0.733. The highest BCUT2D eigenvalue weighted by Crippen LogP contribution is 2.30. The summed E-state index contributed by atoms with van der Waals surface area (Å²) in [7, 11) is 0. The van der Waals surface area contributed by atoms with Crippen molar-refractivity contribution in [1.29, 1.82) is 5.26 Å². The number of hydrogen-bond acceptors (Lipinski definition) is 3. The van der Waals surface area contributed by atoms with Crippen LogP contribution in [0.5, 0.6) is 0 Å². The zero-order valence-electron chi connectivity index (χ0n) is 10.2. The molecule has 0 spiro atoms. The normalized spacial score (nSPS) is 10.0. The molecule has 2 nitrogen and oxygen atoms in total. The maximum atomic E-state index is 9.03. The Morgan fingerprint density at radius 2 is 1.94 bits per heavy atom. The third-order valence-electron chi connectivity index (χ3n) is 2.81. The van der Waals surface area contributed by atoms with E-state index < -0.39 is 0 Å². The number of aryl methyl sites for hydroxylation is 1. The molecular formula is C15H14N2S. The maximum absolute atomic E-state index is 9.03. The molecule has 0 heterocycles. The molecule has 0 aliphatic heterocycles. The number of nitrogen functional groups attached to an aromatic ring is 1. The number of hydrogen-bond donors (Lipinski definition) is 1. The van der Waals surface area contributed by atoms with Crippen LogP contribution in [0.1, 0.15) is 16.7 Å². The number of thioether (sulfide) groups is 1. The molecule has 3 heteroatoms. The quantitative estimate of drug-likeness (QED) is 0.670. The minimum absolute atomic E-state index is 0.733. The zero-order chi connectivity index (χ0) is 13.0. The van der Waals surface area contributed by atoms with E-state index in [1.54, 1.807) is 11.8 Å². The van der Waals surface area contributed by atoms with E-state index in [-0.39, 0.29) is 0 Å². The highest BCUT2D eigenvalue weighted by atomic mass is 32.2. The van der Waals surface area contributed by atoms with Gasteiger partial charge in [-0.2, -0.15) is 5.26 Å². The molecule has 2 aromatic carbocycles. The second-order valence-corrected chi connectivity index (χ2v) is 5.06. The fraction of sp³-hybridized carbons (Fsp3) is 0.133. The van der Waals surface area contributed by atoms with Crippen LogP contribution in [0.3, 0.4) is 0 Å². The van der Waals surface area contributed by atoms with Crippen molar-refractivity contribution in [3.63, 3.8) is 0 Å². The second kappa shape index (κ2) is 5.61. The number of nitriles is 1. The lowest BCUT2D eigenvalue weighted by atomic mass is 10.1. The third-order valence-corrected chi connectivity index (χ3v) is 3.93. The first-order valence-electron chi connectivity index (χ1n) is 5.68. The van der Waals surface area contributed by atoms with Gasteiger partial charge in [0.05, 0.1) is 11.6 Å². The van der Waals surface area contributed by atoms with Crippen molar-refractivity contribution in [2.75, 3.05) is 5.73 Å². The van der Waals surface area contributed by atoms with Crippen LogP contribution in [0.4, 0.5) is 5.69 Å². The Bertz CT molecular complexity index is 600. The summed E-state index contributed by atoms with van der Waals surface area (Å²) in [5.41, 5.74) is 9.73. The van der Waals surface area contributed by atoms with Gasteiger partial charge >= 0.3 is 0 Å². The van der Waals surface area contributed by atoms with Gasteiger partial charge in [-0.05, 0) is 30.2 Å². The molecule has 0 bridgehead atoms. The van der Waals surface area contributed by atoms with Crippen LogP contribution in [0, 0.1) is 18.3 Å². The minimum Gasteiger partial charge on any atom is -0.398 e. The highest BCUT2D eigenvalue weighted by Gasteiger charge is 2.05. The van der Waals surface area contributed by atoms with Gasteiger partial charge in [0.1, 0.15) is 0 Å². The number of para-hydroxylation sites is 1. The average molecular weight is 254 g/mol. The average Bonchev–Trinajstić information content (AvgIpc) is 2.41. The molecule has 2 rings (SSSR count). The van der Waals surface area contributed by atoms with Crippen molar-refractivity contribution >= 4 is 17.4 Å². The van der Waals surface area contributed by atoms with E-state index in [0.29, 0.717) is 0 Å². The number of nitrogens with zero attached hydrogens (tertiary/aromatic N) is 1. The molecule has 18 heavy (non-hydrogen) atoms. The number of rotatable bonds is 3. The number of anilines is 1. The summed E-state index contributed by atoms with van der Waals surface area (Å²) in [6.45, 7) is 2.00. The van der Waals surface area contributed by atoms with Gasteiger partial charge in [0, 0.05) is 16.3 Å². The van der Waals surface area contributed by atoms with E-state index in [9.17, 15) is 0 Å². The van der Waals surface area contributed by atoms with Crippen LogP contribution in [-0.2, 0) is 5.75 Å². The summed E-state index contributed by atoms with van der Waals surface area (Å²) in [6, 6.07) is 15.9. The molecule has 0 unspecified atom stereocenters. The SMILES string of the molecule is Cc1cccc(SCc2ccccc2C#N)c1N. The lowest BCUT2D eigenvalue weighted by Crippen LogP contribution is -1.93. The molecule has 0 aliphatic carbocycles. The lowest BCUT2D eigenvalue weighted by Gasteiger charge is -2.08. The van der Waals surface area contributed by atoms with Crippen molar-refractivity contribution < 1.29 is 0 Å². The molecule has 0 aromatic heterocycles. The first-order valence-corrected chi connectivity index (χ1v) is 6.67. The van der Waals surface area contributed by atoms with Crippen LogP contribution < -0.4 is 5.73 Å². The fourth-order valence-electron chi connectivity index (χ4n) is 1.69. The molecule has 0 saturated carbocycles. The molecule has 0 aliphatic rings. The standard InChI is InChI=1S/C15H14N2S/c1-11-5-4-8-14(15(11)17)18-10-13-7-3-2-6-12(13)9-16/h2-8H,10,17H2,1H3. The highest BCUT2D eigenvalue weighted by molar-refractivity contribution is 7.98. The first-order chi connectivity index (χ1) is 8.72. The predicted octanol–water partition coefficient (Wildman–Crippen LogP) is 3.74. The summed E-state index contributed by atoms with van der Waals surface area (Å²) >= 11 is 1.67. The summed E-state index contributed by atoms with van der Waals surface area (Å²) in [4.78, 5) is 1.07. The van der Waals surface area contributed by atoms with Crippen molar-refractivity contribution in [2.45, 2.75) is 17.6 Å². The molecule has 0 saturated heterocycles. The van der Waals surface area contributed by atoms with Gasteiger partial charge in [-0.15, -0.1) is 11.8 Å². The van der Waals surface area contributed by atoms with Gasteiger partial charge in [0.2, 0.25) is 0 Å². The van der Waals surface area contributed by atoms with E-state index >= 15 is 0 Å². The van der Waals surface area contributed by atoms with Crippen LogP contribution >= 0.6 is 11.8 Å². The molecule has 0 atom stereocenters. The molecular weight excluding hydrogens is 240 g/mol. The first kappa shape index (κ1) is 12.5. The van der Waals surface area contributed by atoms with Gasteiger partial charge < -0.3 is 5.73 Å². The molecule has 90 valence electrons. The lowest BCUT2D eigenvalue weighted by molar-refractivity contribution is 1.33. The van der Waals surface area contributed by atoms with Crippen molar-refractivity contribution in [3.05, 3.63) is 59.2 Å². The largest absolute Gasteiger partial charge is 0.398 e. The van der Waals surface area contributed by atoms with Crippen LogP contribution in [0.15, 0.2) is 47.4 Å². The monoisotopic (exact) mass is 254 g/mol. The smallest absolute Gasteiger partial charge is 0.0994 e. The van der Waals surface area contributed by atoms with E-state index in [4.69, 9.17) is 11.0 Å². The Hall–Kier alpha value is -1.92. The van der Waals surface area contributed by atoms with Gasteiger partial charge in [-0.1, -0.05) is 30.3 Å². The van der Waals surface area contributed by atoms with Crippen molar-refractivity contribution in [1.82, 2.24) is 0 Å². The number of nitrogens with two attached hydrogens (primary N) is 1. The Kier molecular flexibility index (Phi) is 3.91. The predicted molar refractivity (Wildman–Crippen MR) is 76.3 cm³/mol. The zero-order valence-corrected chi connectivity index (χ0v) is 11.0. The summed E-state index contributed by atoms with van der Waals surface area (Å²) in [5, 5.41) is 9.03. The summed E-state index contributed by atoms with van der Waals surface area (Å²) in [6.07, 6.45) is 0. The van der Waals surface area contributed by atoms with Crippen molar-refractivity contribution in [2.24, 2.45) is 0 Å². The van der Waals surface area contributed by atoms with Crippen molar-refractivity contribution in [3.8, 4) is 6.07 Å². The van der Waals surface area contributed by atoms with E-state index in [0.717, 1.165) is 33.0 Å². The summed E-state index contributed by atoms with van der Waals surface area (Å²) in [5.74, 6) is 0.761. The Morgan fingerprint density at radius 3 is 2.72 bits per heavy atom. The van der Waals surface area contributed by atoms with Crippen LogP contribution in [-0.4, -0.2) is 0 Å². The Balaban J connectivity index is 2.17. The number of benzene rings is 2. The molecule has 0 amide bonds. The maximum Gasteiger partial charge on any atom is 0.0994 e. The fourth-order valence-corrected chi connectivity index (χ4v) is 2.74. The van der Waals surface area contributed by atoms with Gasteiger partial charge in [-0.25, -0.2) is 0 Å². The van der Waals surface area contributed by atoms with Crippen LogP contribution in [0.25, 0.3) is 0 Å². The van der Waals surface area contributed by atoms with E-state index in [1.807, 2.05) is 49.4 Å². The second-order valence-electron chi connectivity index (χ2n) is 4.04. The van der Waals surface area contributed by atoms with Gasteiger partial charge in [0.15, 0.2) is 0 Å². The Labute approximate surface area is 111 Å². The van der Waals surface area contributed by atoms with Crippen LogP contribution in [0.2, 0.25) is 0 Å². The molecule has 0 radical (unpaired) electrons.